The van der Waals surface area contributed by atoms with Crippen LogP contribution in [-0.4, -0.2) is 26.6 Å². The summed E-state index contributed by atoms with van der Waals surface area (Å²) in [6.45, 7) is 0. The van der Waals surface area contributed by atoms with Crippen LogP contribution in [0, 0.1) is 0 Å². The van der Waals surface area contributed by atoms with Gasteiger partial charge in [-0.25, -0.2) is 4.79 Å². The predicted octanol–water partition coefficient (Wildman–Crippen LogP) is 1.74. The zero-order valence-corrected chi connectivity index (χ0v) is 12.3. The van der Waals surface area contributed by atoms with Crippen LogP contribution in [0.15, 0.2) is 47.4 Å². The molecule has 7 nitrogen and oxygen atoms in total. The summed E-state index contributed by atoms with van der Waals surface area (Å²) in [7, 11) is -2.93. The Bertz CT molecular complexity index is 816. The first-order valence-corrected chi connectivity index (χ1v) is 7.46. The van der Waals surface area contributed by atoms with E-state index in [-0.39, 0.29) is 27.6 Å². The van der Waals surface area contributed by atoms with Gasteiger partial charge < -0.3 is 19.8 Å². The molecule has 0 saturated carbocycles. The van der Waals surface area contributed by atoms with Crippen molar-refractivity contribution in [1.29, 1.82) is 0 Å². The van der Waals surface area contributed by atoms with Gasteiger partial charge in [0.05, 0.1) is 12.8 Å². The fourth-order valence-electron chi connectivity index (χ4n) is 1.73. The molecule has 22 heavy (non-hydrogen) atoms. The van der Waals surface area contributed by atoms with Crippen LogP contribution in [-0.2, 0) is 10.1 Å². The largest absolute Gasteiger partial charge is 0.496 e. The second-order valence-corrected chi connectivity index (χ2v) is 5.79. The van der Waals surface area contributed by atoms with Crippen LogP contribution in [0.3, 0.4) is 0 Å². The number of hydrogen-bond donors (Lipinski definition) is 2. The van der Waals surface area contributed by atoms with Crippen molar-refractivity contribution in [3.63, 3.8) is 0 Å². The molecule has 0 fully saturated rings. The number of methoxy groups -OCH3 is 1. The molecular weight excluding hydrogens is 310 g/mol. The molecule has 0 aliphatic heterocycles. The fourth-order valence-corrected chi connectivity index (χ4v) is 2.71. The highest BCUT2D eigenvalue weighted by atomic mass is 32.2. The average Bonchev–Trinajstić information content (AvgIpc) is 2.48. The number of benzene rings is 2. The topological polar surface area (TPSA) is 116 Å². The van der Waals surface area contributed by atoms with Crippen molar-refractivity contribution < 1.29 is 27.2 Å². The molecule has 2 aromatic rings. The van der Waals surface area contributed by atoms with Crippen LogP contribution in [0.1, 0.15) is 10.4 Å². The van der Waals surface area contributed by atoms with E-state index in [4.69, 9.17) is 19.8 Å². The Morgan fingerprint density at radius 3 is 2.41 bits per heavy atom. The van der Waals surface area contributed by atoms with E-state index in [0.29, 0.717) is 0 Å². The second kappa shape index (κ2) is 5.94. The number of carbonyl (C=O) groups is 1. The molecule has 116 valence electrons. The summed E-state index contributed by atoms with van der Waals surface area (Å²) in [5.41, 5.74) is 5.49. The zero-order chi connectivity index (χ0) is 16.3. The highest BCUT2D eigenvalue weighted by molar-refractivity contribution is 7.87. The predicted molar refractivity (Wildman–Crippen MR) is 78.6 cm³/mol. The first-order chi connectivity index (χ1) is 10.3. The minimum absolute atomic E-state index is 0.0322. The molecule has 8 heteroatoms. The number of ether oxygens (including phenoxy) is 1. The molecular formula is C14H13NO6S. The Morgan fingerprint density at radius 2 is 1.82 bits per heavy atom. The van der Waals surface area contributed by atoms with Gasteiger partial charge in [-0.3, -0.25) is 0 Å². The lowest BCUT2D eigenvalue weighted by molar-refractivity contribution is 0.0693. The number of para-hydroxylation sites is 2. The molecule has 0 amide bonds. The molecule has 0 heterocycles. The lowest BCUT2D eigenvalue weighted by Gasteiger charge is -2.11. The average molecular weight is 323 g/mol. The smallest absolute Gasteiger partial charge is 0.339 e. The van der Waals surface area contributed by atoms with E-state index >= 15 is 0 Å². The summed E-state index contributed by atoms with van der Waals surface area (Å²) in [5.74, 6) is -1.30. The molecule has 0 aliphatic carbocycles. The van der Waals surface area contributed by atoms with Gasteiger partial charge in [0.1, 0.15) is 16.2 Å². The third-order valence-corrected chi connectivity index (χ3v) is 4.04. The molecule has 2 aromatic carbocycles. The van der Waals surface area contributed by atoms with E-state index in [0.717, 1.165) is 6.07 Å². The number of hydrogen-bond acceptors (Lipinski definition) is 6. The SMILES string of the molecule is COc1ccc(S(=O)(=O)Oc2ccccc2N)cc1C(=O)O. The maximum Gasteiger partial charge on any atom is 0.339 e. The third-order valence-electron chi connectivity index (χ3n) is 2.81. The third kappa shape index (κ3) is 3.12. The van der Waals surface area contributed by atoms with Gasteiger partial charge in [-0.2, -0.15) is 8.42 Å². The summed E-state index contributed by atoms with van der Waals surface area (Å²) in [6, 6.07) is 9.49. The van der Waals surface area contributed by atoms with Crippen molar-refractivity contribution in [1.82, 2.24) is 0 Å². The van der Waals surface area contributed by atoms with Gasteiger partial charge in [-0.05, 0) is 30.3 Å². The van der Waals surface area contributed by atoms with Gasteiger partial charge in [0.15, 0.2) is 5.75 Å². The van der Waals surface area contributed by atoms with Crippen LogP contribution in [0.5, 0.6) is 11.5 Å². The Balaban J connectivity index is 2.44. The van der Waals surface area contributed by atoms with E-state index in [1.165, 1.54) is 31.4 Å². The minimum atomic E-state index is -4.22. The molecule has 2 rings (SSSR count). The van der Waals surface area contributed by atoms with Crippen molar-refractivity contribution in [3.8, 4) is 11.5 Å². The normalized spacial score (nSPS) is 11.0. The standard InChI is InChI=1S/C14H13NO6S/c1-20-12-7-6-9(8-10(12)14(16)17)22(18,19)21-13-5-3-2-4-11(13)15/h2-8H,15H2,1H3,(H,16,17). The van der Waals surface area contributed by atoms with E-state index < -0.39 is 16.1 Å². The summed E-state index contributed by atoms with van der Waals surface area (Å²) in [6.07, 6.45) is 0. The Morgan fingerprint density at radius 1 is 1.14 bits per heavy atom. The Kier molecular flexibility index (Phi) is 4.22. The monoisotopic (exact) mass is 323 g/mol. The minimum Gasteiger partial charge on any atom is -0.496 e. The number of rotatable bonds is 5. The van der Waals surface area contributed by atoms with E-state index in [2.05, 4.69) is 0 Å². The number of carboxylic acid groups (broad SMARTS) is 1. The van der Waals surface area contributed by atoms with Crippen molar-refractivity contribution in [2.24, 2.45) is 0 Å². The summed E-state index contributed by atoms with van der Waals surface area (Å²) >= 11 is 0. The van der Waals surface area contributed by atoms with E-state index in [1.54, 1.807) is 12.1 Å². The lowest BCUT2D eigenvalue weighted by atomic mass is 10.2. The molecule has 0 radical (unpaired) electrons. The van der Waals surface area contributed by atoms with E-state index in [1.807, 2.05) is 0 Å². The van der Waals surface area contributed by atoms with Crippen LogP contribution in [0.25, 0.3) is 0 Å². The summed E-state index contributed by atoms with van der Waals surface area (Å²) in [4.78, 5) is 10.8. The number of nitrogens with two attached hydrogens (primary N) is 1. The van der Waals surface area contributed by atoms with Crippen molar-refractivity contribution in [2.45, 2.75) is 4.90 Å². The maximum atomic E-state index is 12.2. The highest BCUT2D eigenvalue weighted by Gasteiger charge is 2.22. The van der Waals surface area contributed by atoms with Gasteiger partial charge in [-0.1, -0.05) is 12.1 Å². The first kappa shape index (κ1) is 15.6. The summed E-state index contributed by atoms with van der Waals surface area (Å²) in [5, 5.41) is 9.09. The van der Waals surface area contributed by atoms with Crippen molar-refractivity contribution in [3.05, 3.63) is 48.0 Å². The van der Waals surface area contributed by atoms with Gasteiger partial charge in [0.2, 0.25) is 0 Å². The number of nitrogen functional groups attached to an aromatic ring is 1. The number of aromatic carboxylic acids is 1. The molecule has 0 atom stereocenters. The molecule has 0 aromatic heterocycles. The van der Waals surface area contributed by atoms with Gasteiger partial charge >= 0.3 is 16.1 Å². The van der Waals surface area contributed by atoms with E-state index in [9.17, 15) is 13.2 Å². The quantitative estimate of drug-likeness (QED) is 0.636. The fraction of sp³-hybridized carbons (Fsp3) is 0.0714. The van der Waals surface area contributed by atoms with Crippen molar-refractivity contribution >= 4 is 21.8 Å². The van der Waals surface area contributed by atoms with Crippen LogP contribution >= 0.6 is 0 Å². The van der Waals surface area contributed by atoms with Crippen LogP contribution in [0.4, 0.5) is 5.69 Å². The van der Waals surface area contributed by atoms with Crippen molar-refractivity contribution in [2.75, 3.05) is 12.8 Å². The highest BCUT2D eigenvalue weighted by Crippen LogP contribution is 2.27. The number of carboxylic acids is 1. The van der Waals surface area contributed by atoms with Gasteiger partial charge in [0, 0.05) is 0 Å². The summed E-state index contributed by atoms with van der Waals surface area (Å²) < 4.78 is 34.2. The first-order valence-electron chi connectivity index (χ1n) is 6.05. The Hall–Kier alpha value is -2.74. The lowest BCUT2D eigenvalue weighted by Crippen LogP contribution is -2.12. The molecule has 3 N–H and O–H groups in total. The molecule has 0 spiro atoms. The maximum absolute atomic E-state index is 12.2. The molecule has 0 unspecified atom stereocenters. The van der Waals surface area contributed by atoms with Crippen LogP contribution in [0.2, 0.25) is 0 Å². The van der Waals surface area contributed by atoms with Gasteiger partial charge in [0.25, 0.3) is 0 Å². The second-order valence-electron chi connectivity index (χ2n) is 4.24. The molecule has 0 aliphatic rings. The van der Waals surface area contributed by atoms with Crippen LogP contribution < -0.4 is 14.7 Å². The molecule has 0 saturated heterocycles. The van der Waals surface area contributed by atoms with Gasteiger partial charge in [-0.15, -0.1) is 0 Å². The zero-order valence-electron chi connectivity index (χ0n) is 11.5. The molecule has 0 bridgehead atoms. The number of anilines is 1. The Labute approximate surface area is 127 Å².